The number of nitrogens with zero attached hydrogens (tertiary/aromatic N) is 2. The third kappa shape index (κ3) is 4.50. The van der Waals surface area contributed by atoms with Crippen molar-refractivity contribution in [1.29, 1.82) is 0 Å². The van der Waals surface area contributed by atoms with Crippen LogP contribution in [-0.4, -0.2) is 38.6 Å². The van der Waals surface area contributed by atoms with E-state index in [1.165, 1.54) is 12.5 Å². The lowest BCUT2D eigenvalue weighted by atomic mass is 10.3. The van der Waals surface area contributed by atoms with E-state index in [4.69, 9.17) is 39.9 Å². The first-order chi connectivity index (χ1) is 8.75. The van der Waals surface area contributed by atoms with Gasteiger partial charge in [-0.2, -0.15) is 0 Å². The summed E-state index contributed by atoms with van der Waals surface area (Å²) in [4.78, 5) is 30.5. The average Bonchev–Trinajstić information content (AvgIpc) is 2.72. The standard InChI is InChI=1S/C8H6Cl3N3O4S/c1-18-14-4(5(15)16)3-2-19-7(12-3)13-6(17)8(9,10)11/h2H,1H3,(H,15,16)(H,12,13,17)/b14-4-. The van der Waals surface area contributed by atoms with Crippen molar-refractivity contribution >= 4 is 68.9 Å². The Balaban J connectivity index is 2.91. The summed E-state index contributed by atoms with van der Waals surface area (Å²) in [6.45, 7) is 0. The zero-order valence-corrected chi connectivity index (χ0v) is 12.3. The Bertz CT molecular complexity index is 526. The molecule has 0 saturated heterocycles. The molecule has 0 aliphatic rings. The topological polar surface area (TPSA) is 101 Å². The molecule has 104 valence electrons. The number of carbonyl (C=O) groups is 2. The second kappa shape index (κ2) is 6.38. The number of nitrogens with one attached hydrogen (secondary N) is 1. The van der Waals surface area contributed by atoms with Crippen molar-refractivity contribution in [3.63, 3.8) is 0 Å². The number of halogens is 3. The Morgan fingerprint density at radius 1 is 1.53 bits per heavy atom. The van der Waals surface area contributed by atoms with E-state index in [0.717, 1.165) is 11.3 Å². The monoisotopic (exact) mass is 345 g/mol. The summed E-state index contributed by atoms with van der Waals surface area (Å²) in [5.74, 6) is -2.23. The quantitative estimate of drug-likeness (QED) is 0.492. The normalized spacial score (nSPS) is 12.1. The number of anilines is 1. The fourth-order valence-corrected chi connectivity index (χ4v) is 1.73. The van der Waals surface area contributed by atoms with Crippen molar-refractivity contribution in [1.82, 2.24) is 4.98 Å². The van der Waals surface area contributed by atoms with E-state index in [2.05, 4.69) is 20.3 Å². The Kier molecular flexibility index (Phi) is 5.36. The van der Waals surface area contributed by atoms with Gasteiger partial charge in [0, 0.05) is 5.38 Å². The van der Waals surface area contributed by atoms with Gasteiger partial charge < -0.3 is 9.94 Å². The number of carbonyl (C=O) groups excluding carboxylic acids is 1. The van der Waals surface area contributed by atoms with Crippen LogP contribution in [-0.2, 0) is 14.4 Å². The van der Waals surface area contributed by atoms with E-state index in [9.17, 15) is 9.59 Å². The summed E-state index contributed by atoms with van der Waals surface area (Å²) in [5.41, 5.74) is -0.396. The van der Waals surface area contributed by atoms with Gasteiger partial charge in [-0.25, -0.2) is 9.78 Å². The molecule has 0 fully saturated rings. The molecule has 19 heavy (non-hydrogen) atoms. The molecule has 0 spiro atoms. The lowest BCUT2D eigenvalue weighted by Crippen LogP contribution is -2.27. The minimum absolute atomic E-state index is 0.0129. The number of thiazole rings is 1. The molecule has 1 heterocycles. The molecule has 11 heteroatoms. The molecule has 0 unspecified atom stereocenters. The van der Waals surface area contributed by atoms with Crippen LogP contribution in [0.1, 0.15) is 5.69 Å². The summed E-state index contributed by atoms with van der Waals surface area (Å²) >= 11 is 17.0. The maximum absolute atomic E-state index is 11.4. The van der Waals surface area contributed by atoms with Gasteiger partial charge in [-0.1, -0.05) is 40.0 Å². The van der Waals surface area contributed by atoms with Gasteiger partial charge in [-0.3, -0.25) is 10.1 Å². The van der Waals surface area contributed by atoms with E-state index < -0.39 is 21.4 Å². The fraction of sp³-hybridized carbons (Fsp3) is 0.250. The highest BCUT2D eigenvalue weighted by Gasteiger charge is 2.31. The smallest absolute Gasteiger partial charge is 0.360 e. The summed E-state index contributed by atoms with van der Waals surface area (Å²) in [7, 11) is 1.20. The van der Waals surface area contributed by atoms with E-state index in [0.29, 0.717) is 0 Å². The van der Waals surface area contributed by atoms with E-state index in [1.54, 1.807) is 0 Å². The van der Waals surface area contributed by atoms with Crippen molar-refractivity contribution in [3.05, 3.63) is 11.1 Å². The number of hydrogen-bond donors (Lipinski definition) is 2. The second-order valence-electron chi connectivity index (χ2n) is 2.92. The molecule has 0 bridgehead atoms. The molecule has 7 nitrogen and oxygen atoms in total. The summed E-state index contributed by atoms with van der Waals surface area (Å²) < 4.78 is -2.14. The minimum Gasteiger partial charge on any atom is -0.476 e. The van der Waals surface area contributed by atoms with Crippen LogP contribution in [0.25, 0.3) is 0 Å². The molecule has 0 radical (unpaired) electrons. The van der Waals surface area contributed by atoms with Crippen LogP contribution in [0.15, 0.2) is 10.5 Å². The predicted molar refractivity (Wildman–Crippen MR) is 72.2 cm³/mol. The number of amides is 1. The van der Waals surface area contributed by atoms with Crippen molar-refractivity contribution < 1.29 is 19.5 Å². The van der Waals surface area contributed by atoms with Crippen LogP contribution >= 0.6 is 46.1 Å². The number of carboxylic acid groups (broad SMARTS) is 1. The van der Waals surface area contributed by atoms with Crippen LogP contribution in [0.4, 0.5) is 5.13 Å². The molecule has 1 amide bonds. The SMILES string of the molecule is CO/N=C(\C(=O)O)c1csc(NC(=O)C(Cl)(Cl)Cl)n1. The molecule has 1 aromatic rings. The minimum atomic E-state index is -2.14. The zero-order chi connectivity index (χ0) is 14.6. The molecule has 0 aliphatic heterocycles. The van der Waals surface area contributed by atoms with E-state index in [-0.39, 0.29) is 10.8 Å². The van der Waals surface area contributed by atoms with Crippen LogP contribution < -0.4 is 5.32 Å². The van der Waals surface area contributed by atoms with Crippen molar-refractivity contribution in [2.45, 2.75) is 3.79 Å². The van der Waals surface area contributed by atoms with Crippen LogP contribution in [0, 0.1) is 0 Å². The molecule has 1 rings (SSSR count). The Hall–Kier alpha value is -1.09. The maximum atomic E-state index is 11.4. The number of hydrogen-bond acceptors (Lipinski definition) is 6. The van der Waals surface area contributed by atoms with Gasteiger partial charge >= 0.3 is 5.97 Å². The van der Waals surface area contributed by atoms with Gasteiger partial charge in [0.05, 0.1) is 0 Å². The number of aromatic nitrogens is 1. The summed E-state index contributed by atoms with van der Waals surface area (Å²) in [6, 6.07) is 0. The highest BCUT2D eigenvalue weighted by Crippen LogP contribution is 2.28. The average molecular weight is 347 g/mol. The Morgan fingerprint density at radius 3 is 2.63 bits per heavy atom. The first kappa shape index (κ1) is 16.0. The van der Waals surface area contributed by atoms with Gasteiger partial charge in [0.2, 0.25) is 5.71 Å². The van der Waals surface area contributed by atoms with Crippen molar-refractivity contribution in [2.24, 2.45) is 5.16 Å². The third-order valence-electron chi connectivity index (χ3n) is 1.61. The largest absolute Gasteiger partial charge is 0.476 e. The first-order valence-electron chi connectivity index (χ1n) is 4.44. The number of alkyl halides is 3. The zero-order valence-electron chi connectivity index (χ0n) is 9.19. The molecule has 0 aromatic carbocycles. The number of oxime groups is 1. The number of carboxylic acids is 1. The van der Waals surface area contributed by atoms with Gasteiger partial charge in [0.15, 0.2) is 5.13 Å². The predicted octanol–water partition coefficient (Wildman–Crippen LogP) is 1.89. The fourth-order valence-electron chi connectivity index (χ4n) is 0.895. The summed E-state index contributed by atoms with van der Waals surface area (Å²) in [5, 5.41) is 15.8. The molecule has 0 saturated carbocycles. The van der Waals surface area contributed by atoms with Crippen molar-refractivity contribution in [3.8, 4) is 0 Å². The van der Waals surface area contributed by atoms with E-state index >= 15 is 0 Å². The number of rotatable bonds is 4. The molecular weight excluding hydrogens is 341 g/mol. The van der Waals surface area contributed by atoms with Gasteiger partial charge in [-0.15, -0.1) is 11.3 Å². The van der Waals surface area contributed by atoms with Gasteiger partial charge in [0.25, 0.3) is 9.70 Å². The lowest BCUT2D eigenvalue weighted by Gasteiger charge is -2.08. The Labute approximate surface area is 126 Å². The third-order valence-corrected chi connectivity index (χ3v) is 2.88. The van der Waals surface area contributed by atoms with Crippen molar-refractivity contribution in [2.75, 3.05) is 12.4 Å². The number of aliphatic carboxylic acids is 1. The highest BCUT2D eigenvalue weighted by atomic mass is 35.6. The summed E-state index contributed by atoms with van der Waals surface area (Å²) in [6.07, 6.45) is 0. The molecule has 0 atom stereocenters. The molecule has 2 N–H and O–H groups in total. The van der Waals surface area contributed by atoms with Gasteiger partial charge in [0.1, 0.15) is 12.8 Å². The highest BCUT2D eigenvalue weighted by molar-refractivity contribution is 7.14. The first-order valence-corrected chi connectivity index (χ1v) is 6.45. The molecule has 1 aromatic heterocycles. The van der Waals surface area contributed by atoms with Crippen LogP contribution in [0.3, 0.4) is 0 Å². The maximum Gasteiger partial charge on any atom is 0.360 e. The van der Waals surface area contributed by atoms with Crippen LogP contribution in [0.5, 0.6) is 0 Å². The molecule has 0 aliphatic carbocycles. The van der Waals surface area contributed by atoms with Crippen LogP contribution in [0.2, 0.25) is 0 Å². The Morgan fingerprint density at radius 2 is 2.16 bits per heavy atom. The molecular formula is C8H6Cl3N3O4S. The van der Waals surface area contributed by atoms with Gasteiger partial charge in [-0.05, 0) is 0 Å². The van der Waals surface area contributed by atoms with E-state index in [1.807, 2.05) is 0 Å². The second-order valence-corrected chi connectivity index (χ2v) is 6.06. The lowest BCUT2D eigenvalue weighted by molar-refractivity contribution is -0.129.